The van der Waals surface area contributed by atoms with Crippen LogP contribution in [0, 0.1) is 6.92 Å². The average Bonchev–Trinajstić information content (AvgIpc) is 2.85. The molecule has 8 heteroatoms. The van der Waals surface area contributed by atoms with Gasteiger partial charge in [0.15, 0.2) is 0 Å². The van der Waals surface area contributed by atoms with Gasteiger partial charge in [0.1, 0.15) is 0 Å². The lowest BCUT2D eigenvalue weighted by Gasteiger charge is -2.17. The molecule has 0 aliphatic carbocycles. The molecule has 0 radical (unpaired) electrons. The van der Waals surface area contributed by atoms with Crippen molar-refractivity contribution >= 4 is 34.5 Å². The number of nitrogens with zero attached hydrogens (tertiary/aromatic N) is 1. The molecule has 24 heavy (non-hydrogen) atoms. The zero-order valence-electron chi connectivity index (χ0n) is 13.1. The molecule has 1 amide bonds. The molecule has 0 aliphatic rings. The van der Waals surface area contributed by atoms with E-state index in [9.17, 15) is 18.0 Å². The number of hydrogen-bond acceptors (Lipinski definition) is 3. The maximum atomic E-state index is 12.7. The van der Waals surface area contributed by atoms with Gasteiger partial charge < -0.3 is 5.32 Å². The molecule has 0 unspecified atom stereocenters. The molecule has 1 aromatic carbocycles. The predicted octanol–water partition coefficient (Wildman–Crippen LogP) is 4.80. The second kappa shape index (κ2) is 7.55. The van der Waals surface area contributed by atoms with Gasteiger partial charge in [-0.2, -0.15) is 13.2 Å². The van der Waals surface area contributed by atoms with Crippen LogP contribution in [0.2, 0.25) is 5.02 Å². The standard InChI is InChI=1S/C16H16ClF3N2OS/c1-10-5-6-24-14(10)8-22(2)9-15(23)21-13-7-11(16(18,19)20)3-4-12(13)17/h3-7H,8-9H2,1-2H3,(H,21,23). The molecule has 0 fully saturated rings. The van der Waals surface area contributed by atoms with Gasteiger partial charge in [-0.05, 0) is 49.2 Å². The number of carbonyl (C=O) groups excluding carboxylic acids is 1. The molecule has 0 saturated heterocycles. The molecule has 1 heterocycles. The van der Waals surface area contributed by atoms with Gasteiger partial charge in [-0.25, -0.2) is 0 Å². The van der Waals surface area contributed by atoms with Gasteiger partial charge in [0.05, 0.1) is 22.8 Å². The summed E-state index contributed by atoms with van der Waals surface area (Å²) >= 11 is 7.47. The third-order valence-electron chi connectivity index (χ3n) is 3.36. The molecule has 3 nitrogen and oxygen atoms in total. The molecule has 0 spiro atoms. The minimum Gasteiger partial charge on any atom is -0.324 e. The zero-order valence-corrected chi connectivity index (χ0v) is 14.6. The lowest BCUT2D eigenvalue weighted by molar-refractivity contribution is -0.137. The highest BCUT2D eigenvalue weighted by Crippen LogP contribution is 2.33. The Hall–Kier alpha value is -1.57. The van der Waals surface area contributed by atoms with Gasteiger partial charge in [0.25, 0.3) is 0 Å². The van der Waals surface area contributed by atoms with Crippen LogP contribution in [0.25, 0.3) is 0 Å². The van der Waals surface area contributed by atoms with Crippen molar-refractivity contribution in [2.75, 3.05) is 18.9 Å². The Morgan fingerprint density at radius 1 is 1.33 bits per heavy atom. The minimum absolute atomic E-state index is 0.0443. The summed E-state index contributed by atoms with van der Waals surface area (Å²) in [5.41, 5.74) is 0.246. The first kappa shape index (κ1) is 18.8. The number of amides is 1. The Morgan fingerprint density at radius 3 is 2.62 bits per heavy atom. The monoisotopic (exact) mass is 376 g/mol. The van der Waals surface area contributed by atoms with E-state index in [1.54, 1.807) is 23.3 Å². The summed E-state index contributed by atoms with van der Waals surface area (Å²) in [6.45, 7) is 2.62. The molecule has 130 valence electrons. The van der Waals surface area contributed by atoms with Crippen molar-refractivity contribution < 1.29 is 18.0 Å². The molecular formula is C16H16ClF3N2OS. The van der Waals surface area contributed by atoms with Gasteiger partial charge in [-0.1, -0.05) is 11.6 Å². The van der Waals surface area contributed by atoms with E-state index in [1.807, 2.05) is 18.4 Å². The second-order valence-electron chi connectivity index (χ2n) is 5.44. The molecule has 1 aromatic heterocycles. The number of alkyl halides is 3. The van der Waals surface area contributed by atoms with Crippen molar-refractivity contribution in [3.8, 4) is 0 Å². The van der Waals surface area contributed by atoms with Crippen LogP contribution >= 0.6 is 22.9 Å². The lowest BCUT2D eigenvalue weighted by atomic mass is 10.2. The number of carbonyl (C=O) groups is 1. The number of aryl methyl sites for hydroxylation is 1. The van der Waals surface area contributed by atoms with Crippen LogP contribution in [-0.2, 0) is 17.5 Å². The molecule has 0 atom stereocenters. The molecule has 0 bridgehead atoms. The number of halogens is 4. The Bertz CT molecular complexity index is 730. The maximum absolute atomic E-state index is 12.7. The van der Waals surface area contributed by atoms with Crippen molar-refractivity contribution in [1.29, 1.82) is 0 Å². The van der Waals surface area contributed by atoms with Gasteiger partial charge in [0, 0.05) is 11.4 Å². The van der Waals surface area contributed by atoms with Crippen LogP contribution in [0.3, 0.4) is 0 Å². The molecule has 0 aliphatic heterocycles. The predicted molar refractivity (Wildman–Crippen MR) is 90.5 cm³/mol. The Balaban J connectivity index is 2.00. The van der Waals surface area contributed by atoms with E-state index in [2.05, 4.69) is 5.32 Å². The van der Waals surface area contributed by atoms with E-state index in [1.165, 1.54) is 0 Å². The van der Waals surface area contributed by atoms with Crippen LogP contribution in [0.1, 0.15) is 16.0 Å². The van der Waals surface area contributed by atoms with Gasteiger partial charge in [-0.15, -0.1) is 11.3 Å². The third kappa shape index (κ3) is 4.96. The molecule has 2 rings (SSSR count). The van der Waals surface area contributed by atoms with Crippen LogP contribution in [0.15, 0.2) is 29.6 Å². The first-order chi connectivity index (χ1) is 11.2. The SMILES string of the molecule is Cc1ccsc1CN(C)CC(=O)Nc1cc(C(F)(F)F)ccc1Cl. The van der Waals surface area contributed by atoms with E-state index < -0.39 is 17.6 Å². The largest absolute Gasteiger partial charge is 0.416 e. The lowest BCUT2D eigenvalue weighted by Crippen LogP contribution is -2.30. The van der Waals surface area contributed by atoms with Crippen LogP contribution < -0.4 is 5.32 Å². The van der Waals surface area contributed by atoms with Crippen molar-refractivity contribution in [2.24, 2.45) is 0 Å². The summed E-state index contributed by atoms with van der Waals surface area (Å²) in [6, 6.07) is 4.84. The topological polar surface area (TPSA) is 32.3 Å². The van der Waals surface area contributed by atoms with Gasteiger partial charge in [0.2, 0.25) is 5.91 Å². The molecule has 0 saturated carbocycles. The summed E-state index contributed by atoms with van der Waals surface area (Å²) in [5, 5.41) is 4.47. The highest BCUT2D eigenvalue weighted by molar-refractivity contribution is 7.10. The van der Waals surface area contributed by atoms with Crippen LogP contribution in [0.4, 0.5) is 18.9 Å². The fraction of sp³-hybridized carbons (Fsp3) is 0.312. The highest BCUT2D eigenvalue weighted by atomic mass is 35.5. The minimum atomic E-state index is -4.49. The van der Waals surface area contributed by atoms with E-state index in [4.69, 9.17) is 11.6 Å². The fourth-order valence-corrected chi connectivity index (χ4v) is 3.25. The normalized spacial score (nSPS) is 11.8. The van der Waals surface area contributed by atoms with Crippen molar-refractivity contribution in [2.45, 2.75) is 19.6 Å². The van der Waals surface area contributed by atoms with E-state index in [0.29, 0.717) is 6.54 Å². The average molecular weight is 377 g/mol. The van der Waals surface area contributed by atoms with Crippen molar-refractivity contribution in [1.82, 2.24) is 4.90 Å². The summed E-state index contributed by atoms with van der Waals surface area (Å²) < 4.78 is 38.2. The first-order valence-corrected chi connectivity index (χ1v) is 8.30. The van der Waals surface area contributed by atoms with Crippen molar-refractivity contribution in [3.05, 3.63) is 50.7 Å². The number of anilines is 1. The fourth-order valence-electron chi connectivity index (χ4n) is 2.10. The van der Waals surface area contributed by atoms with E-state index in [0.717, 1.165) is 28.6 Å². The van der Waals surface area contributed by atoms with Gasteiger partial charge in [-0.3, -0.25) is 9.69 Å². The summed E-state index contributed by atoms with van der Waals surface area (Å²) in [7, 11) is 1.77. The Kier molecular flexibility index (Phi) is 5.90. The van der Waals surface area contributed by atoms with Crippen LogP contribution in [-0.4, -0.2) is 24.4 Å². The van der Waals surface area contributed by atoms with Crippen LogP contribution in [0.5, 0.6) is 0 Å². The molecular weight excluding hydrogens is 361 g/mol. The van der Waals surface area contributed by atoms with E-state index in [-0.39, 0.29) is 17.3 Å². The summed E-state index contributed by atoms with van der Waals surface area (Å²) in [4.78, 5) is 15.0. The first-order valence-electron chi connectivity index (χ1n) is 7.05. The Morgan fingerprint density at radius 2 is 2.04 bits per heavy atom. The van der Waals surface area contributed by atoms with Gasteiger partial charge >= 0.3 is 6.18 Å². The summed E-state index contributed by atoms with van der Waals surface area (Å²) in [5.74, 6) is -0.423. The number of rotatable bonds is 5. The quantitative estimate of drug-likeness (QED) is 0.813. The number of hydrogen-bond donors (Lipinski definition) is 1. The third-order valence-corrected chi connectivity index (χ3v) is 4.70. The Labute approximate surface area is 147 Å². The second-order valence-corrected chi connectivity index (χ2v) is 6.85. The zero-order chi connectivity index (χ0) is 17.9. The highest BCUT2D eigenvalue weighted by Gasteiger charge is 2.31. The smallest absolute Gasteiger partial charge is 0.324 e. The van der Waals surface area contributed by atoms with E-state index >= 15 is 0 Å². The number of likely N-dealkylation sites (N-methyl/N-ethyl adjacent to an activating group) is 1. The van der Waals surface area contributed by atoms with Crippen molar-refractivity contribution in [3.63, 3.8) is 0 Å². The molecule has 2 aromatic rings. The molecule has 1 N–H and O–H groups in total. The number of thiophene rings is 1. The number of nitrogens with one attached hydrogen (secondary N) is 1. The summed E-state index contributed by atoms with van der Waals surface area (Å²) in [6.07, 6.45) is -4.49. The number of benzene rings is 1. The maximum Gasteiger partial charge on any atom is 0.416 e.